The molecule has 0 aliphatic carbocycles. The average Bonchev–Trinajstić information content (AvgIpc) is 2.79. The molecule has 1 atom stereocenters. The highest BCUT2D eigenvalue weighted by Crippen LogP contribution is 2.40. The topological polar surface area (TPSA) is 54.7 Å². The summed E-state index contributed by atoms with van der Waals surface area (Å²) in [7, 11) is 0. The van der Waals surface area contributed by atoms with E-state index in [1.807, 2.05) is 18.7 Å². The van der Waals surface area contributed by atoms with Crippen LogP contribution in [0.1, 0.15) is 36.6 Å². The number of nitrogens with two attached hydrogens (primary N) is 1. The predicted octanol–water partition coefficient (Wildman–Crippen LogP) is 2.84. The second-order valence-corrected chi connectivity index (χ2v) is 6.75. The standard InChI is InChI=1S/C13H19N3S/c1-9-10(2)16(12(15)11(9)7-14)8-13(3)5-4-6-17-13/h4-6,8,15H2,1-3H3. The third-order valence-corrected chi connectivity index (χ3v) is 5.30. The quantitative estimate of drug-likeness (QED) is 0.877. The largest absolute Gasteiger partial charge is 0.384 e. The van der Waals surface area contributed by atoms with Crippen LogP contribution in [0.4, 0.5) is 5.82 Å². The van der Waals surface area contributed by atoms with Crippen molar-refractivity contribution in [2.45, 2.75) is 44.9 Å². The van der Waals surface area contributed by atoms with Gasteiger partial charge in [-0.25, -0.2) is 0 Å². The van der Waals surface area contributed by atoms with E-state index in [9.17, 15) is 0 Å². The molecule has 4 heteroatoms. The second kappa shape index (κ2) is 4.30. The van der Waals surface area contributed by atoms with Crippen LogP contribution >= 0.6 is 11.8 Å². The highest BCUT2D eigenvalue weighted by atomic mass is 32.2. The van der Waals surface area contributed by atoms with Crippen LogP contribution in [0.3, 0.4) is 0 Å². The van der Waals surface area contributed by atoms with E-state index >= 15 is 0 Å². The molecule has 0 radical (unpaired) electrons. The molecule has 1 aliphatic heterocycles. The Kier molecular flexibility index (Phi) is 3.13. The number of nitriles is 1. The fraction of sp³-hybridized carbons (Fsp3) is 0.615. The first-order chi connectivity index (χ1) is 7.98. The van der Waals surface area contributed by atoms with Crippen molar-refractivity contribution >= 4 is 17.6 Å². The SMILES string of the molecule is Cc1c(C#N)c(N)n(CC2(C)CCCS2)c1C. The van der Waals surface area contributed by atoms with Gasteiger partial charge in [0.25, 0.3) is 0 Å². The zero-order valence-corrected chi connectivity index (χ0v) is 11.5. The van der Waals surface area contributed by atoms with Crippen molar-refractivity contribution in [2.75, 3.05) is 11.5 Å². The Labute approximate surface area is 107 Å². The second-order valence-electron chi connectivity index (χ2n) is 5.07. The lowest BCUT2D eigenvalue weighted by Crippen LogP contribution is -2.25. The summed E-state index contributed by atoms with van der Waals surface area (Å²) >= 11 is 2.02. The van der Waals surface area contributed by atoms with Gasteiger partial charge in [0.1, 0.15) is 11.9 Å². The molecule has 1 saturated heterocycles. The van der Waals surface area contributed by atoms with Crippen LogP contribution in [0.15, 0.2) is 0 Å². The summed E-state index contributed by atoms with van der Waals surface area (Å²) < 4.78 is 2.39. The van der Waals surface area contributed by atoms with Gasteiger partial charge in [0.05, 0.1) is 5.56 Å². The molecular weight excluding hydrogens is 230 g/mol. The summed E-state index contributed by atoms with van der Waals surface area (Å²) in [6, 6.07) is 2.21. The van der Waals surface area contributed by atoms with Gasteiger partial charge in [-0.3, -0.25) is 0 Å². The van der Waals surface area contributed by atoms with Crippen LogP contribution in [-0.2, 0) is 6.54 Å². The fourth-order valence-corrected chi connectivity index (χ4v) is 3.82. The maximum absolute atomic E-state index is 9.11. The molecule has 17 heavy (non-hydrogen) atoms. The van der Waals surface area contributed by atoms with Crippen molar-refractivity contribution in [1.29, 1.82) is 5.26 Å². The zero-order chi connectivity index (χ0) is 12.6. The van der Waals surface area contributed by atoms with Gasteiger partial charge in [-0.05, 0) is 44.9 Å². The monoisotopic (exact) mass is 249 g/mol. The van der Waals surface area contributed by atoms with Crippen molar-refractivity contribution in [3.8, 4) is 6.07 Å². The van der Waals surface area contributed by atoms with Crippen LogP contribution in [0.25, 0.3) is 0 Å². The fourth-order valence-electron chi connectivity index (χ4n) is 2.53. The van der Waals surface area contributed by atoms with Gasteiger partial charge in [0, 0.05) is 17.0 Å². The smallest absolute Gasteiger partial charge is 0.122 e. The number of thioether (sulfide) groups is 1. The van der Waals surface area contributed by atoms with Crippen molar-refractivity contribution in [2.24, 2.45) is 0 Å². The van der Waals surface area contributed by atoms with Crippen LogP contribution in [0.5, 0.6) is 0 Å². The van der Waals surface area contributed by atoms with Gasteiger partial charge < -0.3 is 10.3 Å². The Morgan fingerprint density at radius 2 is 2.24 bits per heavy atom. The maximum Gasteiger partial charge on any atom is 0.122 e. The Morgan fingerprint density at radius 3 is 2.71 bits per heavy atom. The summed E-state index contributed by atoms with van der Waals surface area (Å²) in [5.74, 6) is 1.87. The zero-order valence-electron chi connectivity index (χ0n) is 10.7. The average molecular weight is 249 g/mol. The molecule has 0 bridgehead atoms. The van der Waals surface area contributed by atoms with Crippen LogP contribution < -0.4 is 5.73 Å². The minimum absolute atomic E-state index is 0.275. The van der Waals surface area contributed by atoms with Gasteiger partial charge in [0.15, 0.2) is 0 Å². The molecule has 1 aliphatic rings. The van der Waals surface area contributed by atoms with E-state index < -0.39 is 0 Å². The minimum atomic E-state index is 0.275. The van der Waals surface area contributed by atoms with Gasteiger partial charge in [-0.2, -0.15) is 17.0 Å². The number of aromatic nitrogens is 1. The molecule has 2 heterocycles. The van der Waals surface area contributed by atoms with Crippen molar-refractivity contribution in [3.63, 3.8) is 0 Å². The molecule has 0 saturated carbocycles. The van der Waals surface area contributed by atoms with E-state index in [2.05, 4.69) is 24.5 Å². The third kappa shape index (κ3) is 2.04. The van der Waals surface area contributed by atoms with E-state index in [-0.39, 0.29) is 4.75 Å². The Morgan fingerprint density at radius 1 is 1.53 bits per heavy atom. The van der Waals surface area contributed by atoms with Gasteiger partial charge in [-0.15, -0.1) is 0 Å². The highest BCUT2D eigenvalue weighted by molar-refractivity contribution is 8.00. The van der Waals surface area contributed by atoms with Gasteiger partial charge in [-0.1, -0.05) is 0 Å². The predicted molar refractivity (Wildman–Crippen MR) is 73.1 cm³/mol. The molecule has 2 N–H and O–H groups in total. The minimum Gasteiger partial charge on any atom is -0.384 e. The third-order valence-electron chi connectivity index (χ3n) is 3.77. The van der Waals surface area contributed by atoms with Gasteiger partial charge >= 0.3 is 0 Å². The Bertz CT molecular complexity index is 476. The summed E-state index contributed by atoms with van der Waals surface area (Å²) in [6.45, 7) is 7.24. The highest BCUT2D eigenvalue weighted by Gasteiger charge is 2.31. The van der Waals surface area contributed by atoms with Gasteiger partial charge in [0.2, 0.25) is 0 Å². The van der Waals surface area contributed by atoms with Crippen molar-refractivity contribution < 1.29 is 0 Å². The maximum atomic E-state index is 9.11. The Balaban J connectivity index is 2.37. The lowest BCUT2D eigenvalue weighted by atomic mass is 10.1. The van der Waals surface area contributed by atoms with Crippen LogP contribution in [-0.4, -0.2) is 15.1 Å². The molecule has 0 amide bonds. The number of anilines is 1. The summed E-state index contributed by atoms with van der Waals surface area (Å²) in [6.07, 6.45) is 2.52. The normalized spacial score (nSPS) is 23.9. The van der Waals surface area contributed by atoms with E-state index in [0.29, 0.717) is 11.4 Å². The Hall–Kier alpha value is -1.08. The first kappa shape index (κ1) is 12.4. The molecule has 92 valence electrons. The number of nitrogens with zero attached hydrogens (tertiary/aromatic N) is 2. The van der Waals surface area contributed by atoms with Crippen molar-refractivity contribution in [3.05, 3.63) is 16.8 Å². The van der Waals surface area contributed by atoms with Crippen LogP contribution in [0, 0.1) is 25.2 Å². The molecule has 2 rings (SSSR count). The van der Waals surface area contributed by atoms with E-state index in [1.54, 1.807) is 0 Å². The molecule has 1 aromatic heterocycles. The summed E-state index contributed by atoms with van der Waals surface area (Å²) in [4.78, 5) is 0. The van der Waals surface area contributed by atoms with E-state index in [0.717, 1.165) is 17.8 Å². The summed E-state index contributed by atoms with van der Waals surface area (Å²) in [5, 5.41) is 9.11. The number of hydrogen-bond donors (Lipinski definition) is 1. The molecular formula is C13H19N3S. The van der Waals surface area contributed by atoms with E-state index in [1.165, 1.54) is 18.6 Å². The lowest BCUT2D eigenvalue weighted by Gasteiger charge is -2.25. The molecule has 0 aromatic carbocycles. The molecule has 1 aromatic rings. The molecule has 3 nitrogen and oxygen atoms in total. The lowest BCUT2D eigenvalue weighted by molar-refractivity contribution is 0.509. The molecule has 1 fully saturated rings. The number of nitrogen functional groups attached to an aromatic ring is 1. The summed E-state index contributed by atoms with van der Waals surface area (Å²) in [5.41, 5.74) is 8.89. The molecule has 0 spiro atoms. The molecule has 1 unspecified atom stereocenters. The first-order valence-electron chi connectivity index (χ1n) is 5.98. The van der Waals surface area contributed by atoms with Crippen molar-refractivity contribution in [1.82, 2.24) is 4.57 Å². The number of rotatable bonds is 2. The number of hydrogen-bond acceptors (Lipinski definition) is 3. The van der Waals surface area contributed by atoms with E-state index in [4.69, 9.17) is 11.0 Å². The first-order valence-corrected chi connectivity index (χ1v) is 6.96. The van der Waals surface area contributed by atoms with Crippen LogP contribution in [0.2, 0.25) is 0 Å².